The minimum Gasteiger partial charge on any atom is -0.455 e. The Morgan fingerprint density at radius 1 is 0.367 bits per heavy atom. The second-order valence-corrected chi connectivity index (χ2v) is 12.6. The summed E-state index contributed by atoms with van der Waals surface area (Å²) in [5, 5.41) is 11.1. The summed E-state index contributed by atoms with van der Waals surface area (Å²) < 4.78 is 6.81. The average Bonchev–Trinajstić information content (AvgIpc) is 3.54. The Bertz CT molecular complexity index is 2880. The van der Waals surface area contributed by atoms with E-state index in [0.29, 0.717) is 5.69 Å². The predicted molar refractivity (Wildman–Crippen MR) is 206 cm³/mol. The first-order valence-electron chi connectivity index (χ1n) is 16.6. The van der Waals surface area contributed by atoms with Crippen molar-refractivity contribution in [3.8, 4) is 33.4 Å². The zero-order valence-corrected chi connectivity index (χ0v) is 26.4. The fraction of sp³-hybridized carbons (Fsp3) is 0. The van der Waals surface area contributed by atoms with Gasteiger partial charge in [0.05, 0.1) is 6.57 Å². The first-order chi connectivity index (χ1) is 24.3. The van der Waals surface area contributed by atoms with E-state index in [1.54, 1.807) is 0 Å². The molecule has 1 heterocycles. The van der Waals surface area contributed by atoms with Crippen molar-refractivity contribution in [2.24, 2.45) is 0 Å². The largest absolute Gasteiger partial charge is 0.455 e. The van der Waals surface area contributed by atoms with E-state index in [9.17, 15) is 0 Å². The molecule has 0 atom stereocenters. The number of furan rings is 1. The molecule has 0 aliphatic carbocycles. The SMILES string of the molecule is [C-]#[N+]c1c2ccccc2c(-c2ccc3oc4c(-c5c6ccccc6c(-c6ccccc6)c6ccccc56)cccc4c3c2)c2ccccc12. The first-order valence-corrected chi connectivity index (χ1v) is 16.6. The van der Waals surface area contributed by atoms with Crippen LogP contribution in [-0.4, -0.2) is 0 Å². The van der Waals surface area contributed by atoms with Gasteiger partial charge in [0.1, 0.15) is 11.2 Å². The van der Waals surface area contributed by atoms with Gasteiger partial charge in [0, 0.05) is 21.9 Å². The number of benzene rings is 9. The molecule has 0 N–H and O–H groups in total. The number of rotatable bonds is 3. The van der Waals surface area contributed by atoms with Gasteiger partial charge in [-0.15, -0.1) is 0 Å². The van der Waals surface area contributed by atoms with Crippen LogP contribution in [0.25, 0.3) is 103 Å². The van der Waals surface area contributed by atoms with Crippen molar-refractivity contribution in [2.75, 3.05) is 0 Å². The predicted octanol–water partition coefficient (Wildman–Crippen LogP) is 13.8. The van der Waals surface area contributed by atoms with E-state index in [-0.39, 0.29) is 0 Å². The normalized spacial score (nSPS) is 11.7. The summed E-state index contributed by atoms with van der Waals surface area (Å²) in [6.45, 7) is 8.02. The standard InChI is InChI=1S/C47H27NO/c1-48-46-37-22-11-9-20-35(37)44(36-21-10-12-23-38(36)46)30-26-27-42-41(28-30)39-24-13-25-40(47(39)49-42)45-33-18-7-5-16-31(33)43(29-14-3-2-4-15-29)32-17-6-8-19-34(32)45/h2-28H. The highest BCUT2D eigenvalue weighted by atomic mass is 16.3. The van der Waals surface area contributed by atoms with Gasteiger partial charge in [-0.25, -0.2) is 4.85 Å². The Labute approximate surface area is 282 Å². The number of hydrogen-bond acceptors (Lipinski definition) is 1. The van der Waals surface area contributed by atoms with Crippen LogP contribution in [0, 0.1) is 6.57 Å². The van der Waals surface area contributed by atoms with Crippen LogP contribution in [0.5, 0.6) is 0 Å². The molecular formula is C47H27NO. The second-order valence-electron chi connectivity index (χ2n) is 12.6. The number of para-hydroxylation sites is 1. The summed E-state index contributed by atoms with van der Waals surface area (Å²) in [6.07, 6.45) is 0. The van der Waals surface area contributed by atoms with E-state index in [2.05, 4.69) is 157 Å². The monoisotopic (exact) mass is 621 g/mol. The molecule has 0 fully saturated rings. The van der Waals surface area contributed by atoms with Crippen LogP contribution in [0.4, 0.5) is 5.69 Å². The van der Waals surface area contributed by atoms with E-state index >= 15 is 0 Å². The van der Waals surface area contributed by atoms with Gasteiger partial charge in [0.25, 0.3) is 0 Å². The Kier molecular flexibility index (Phi) is 5.97. The second kappa shape index (κ2) is 10.7. The molecule has 0 saturated heterocycles. The molecule has 0 aliphatic rings. The molecule has 0 amide bonds. The van der Waals surface area contributed by atoms with Crippen molar-refractivity contribution in [1.29, 1.82) is 0 Å². The average molecular weight is 622 g/mol. The molecule has 2 heteroatoms. The maximum atomic E-state index is 8.02. The van der Waals surface area contributed by atoms with E-state index in [1.165, 1.54) is 38.2 Å². The minimum atomic E-state index is 0.701. The van der Waals surface area contributed by atoms with E-state index in [4.69, 9.17) is 11.0 Å². The van der Waals surface area contributed by atoms with Crippen molar-refractivity contribution in [3.63, 3.8) is 0 Å². The highest BCUT2D eigenvalue weighted by Gasteiger charge is 2.21. The fourth-order valence-corrected chi connectivity index (χ4v) is 8.02. The molecule has 1 aromatic heterocycles. The van der Waals surface area contributed by atoms with Gasteiger partial charge in [-0.3, -0.25) is 0 Å². The zero-order valence-electron chi connectivity index (χ0n) is 26.4. The Balaban J connectivity index is 1.27. The molecule has 226 valence electrons. The summed E-state index contributed by atoms with van der Waals surface area (Å²) in [4.78, 5) is 3.98. The Morgan fingerprint density at radius 2 is 0.837 bits per heavy atom. The van der Waals surface area contributed by atoms with Gasteiger partial charge in [-0.2, -0.15) is 0 Å². The fourth-order valence-electron chi connectivity index (χ4n) is 8.02. The summed E-state index contributed by atoms with van der Waals surface area (Å²) in [7, 11) is 0. The lowest BCUT2D eigenvalue weighted by atomic mass is 9.85. The molecule has 0 aliphatic heterocycles. The van der Waals surface area contributed by atoms with Crippen LogP contribution in [-0.2, 0) is 0 Å². The lowest BCUT2D eigenvalue weighted by molar-refractivity contribution is 0.670. The lowest BCUT2D eigenvalue weighted by Gasteiger charge is -2.17. The molecule has 10 aromatic rings. The van der Waals surface area contributed by atoms with Crippen molar-refractivity contribution in [1.82, 2.24) is 0 Å². The van der Waals surface area contributed by atoms with Gasteiger partial charge in [-0.05, 0) is 77.5 Å². The van der Waals surface area contributed by atoms with Gasteiger partial charge in [0.2, 0.25) is 5.69 Å². The van der Waals surface area contributed by atoms with Gasteiger partial charge in [-0.1, -0.05) is 152 Å². The molecule has 0 bridgehead atoms. The molecule has 49 heavy (non-hydrogen) atoms. The van der Waals surface area contributed by atoms with Gasteiger partial charge in [0.15, 0.2) is 0 Å². The molecule has 2 nitrogen and oxygen atoms in total. The molecule has 0 unspecified atom stereocenters. The number of nitrogens with zero attached hydrogens (tertiary/aromatic N) is 1. The maximum Gasteiger partial charge on any atom is 0.202 e. The van der Waals surface area contributed by atoms with E-state index in [1.807, 2.05) is 12.1 Å². The van der Waals surface area contributed by atoms with Crippen molar-refractivity contribution < 1.29 is 4.42 Å². The molecular weight excluding hydrogens is 595 g/mol. The topological polar surface area (TPSA) is 17.5 Å². The van der Waals surface area contributed by atoms with Crippen molar-refractivity contribution >= 4 is 70.7 Å². The Morgan fingerprint density at radius 3 is 1.41 bits per heavy atom. The number of hydrogen-bond donors (Lipinski definition) is 0. The van der Waals surface area contributed by atoms with Crippen LogP contribution in [0.1, 0.15) is 0 Å². The smallest absolute Gasteiger partial charge is 0.202 e. The third-order valence-electron chi connectivity index (χ3n) is 10.1. The molecule has 0 spiro atoms. The molecule has 9 aromatic carbocycles. The van der Waals surface area contributed by atoms with Crippen LogP contribution in [0.3, 0.4) is 0 Å². The van der Waals surface area contributed by atoms with Gasteiger partial charge < -0.3 is 4.42 Å². The number of fused-ring (bicyclic) bond motifs is 7. The quantitative estimate of drug-likeness (QED) is 0.142. The van der Waals surface area contributed by atoms with Crippen LogP contribution < -0.4 is 0 Å². The molecule has 0 radical (unpaired) electrons. The first kappa shape index (κ1) is 27.4. The molecule has 0 saturated carbocycles. The highest BCUT2D eigenvalue weighted by Crippen LogP contribution is 2.48. The Hall–Kier alpha value is -6.69. The van der Waals surface area contributed by atoms with E-state index in [0.717, 1.165) is 60.2 Å². The zero-order chi connectivity index (χ0) is 32.5. The van der Waals surface area contributed by atoms with Crippen LogP contribution in [0.15, 0.2) is 168 Å². The van der Waals surface area contributed by atoms with Crippen molar-refractivity contribution in [2.45, 2.75) is 0 Å². The van der Waals surface area contributed by atoms with Crippen molar-refractivity contribution in [3.05, 3.63) is 175 Å². The third kappa shape index (κ3) is 4.00. The van der Waals surface area contributed by atoms with Gasteiger partial charge >= 0.3 is 0 Å². The van der Waals surface area contributed by atoms with E-state index < -0.39 is 0 Å². The van der Waals surface area contributed by atoms with Crippen LogP contribution in [0.2, 0.25) is 0 Å². The summed E-state index contributed by atoms with van der Waals surface area (Å²) >= 11 is 0. The lowest BCUT2D eigenvalue weighted by Crippen LogP contribution is -1.90. The summed E-state index contributed by atoms with van der Waals surface area (Å²) in [5.74, 6) is 0. The minimum absolute atomic E-state index is 0.701. The van der Waals surface area contributed by atoms with Crippen LogP contribution >= 0.6 is 0 Å². The summed E-state index contributed by atoms with van der Waals surface area (Å²) in [6, 6.07) is 57.8. The molecule has 10 rings (SSSR count). The highest BCUT2D eigenvalue weighted by molar-refractivity contribution is 6.25. The third-order valence-corrected chi connectivity index (χ3v) is 10.1. The summed E-state index contributed by atoms with van der Waals surface area (Å²) in [5.41, 5.74) is 9.41. The maximum absolute atomic E-state index is 8.02.